The highest BCUT2D eigenvalue weighted by molar-refractivity contribution is 7.19. The summed E-state index contributed by atoms with van der Waals surface area (Å²) in [6, 6.07) is 21.6. The molecule has 7 nitrogen and oxygen atoms in total. The SMILES string of the molecule is COCC(Cc1ccccc1)C1CCN(Cc2cc3nc(-c4cccc5[nH]ccc45)nc(N4CCOCC4)c3s2)CC1. The van der Waals surface area contributed by atoms with Crippen molar-refractivity contribution >= 4 is 38.3 Å². The number of benzene rings is 2. The Labute approximate surface area is 251 Å². The number of anilines is 1. The molecule has 2 saturated heterocycles. The number of morpholine rings is 1. The van der Waals surface area contributed by atoms with Crippen LogP contribution in [-0.4, -0.2) is 73.0 Å². The minimum Gasteiger partial charge on any atom is -0.384 e. The quantitative estimate of drug-likeness (QED) is 0.218. The van der Waals surface area contributed by atoms with Gasteiger partial charge in [0.15, 0.2) is 11.6 Å². The number of fused-ring (bicyclic) bond motifs is 2. The molecule has 0 spiro atoms. The Hall–Kier alpha value is -3.30. The first kappa shape index (κ1) is 27.5. The summed E-state index contributed by atoms with van der Waals surface area (Å²) in [5, 5.41) is 1.15. The van der Waals surface area contributed by atoms with E-state index in [-0.39, 0.29) is 0 Å². The van der Waals surface area contributed by atoms with Gasteiger partial charge >= 0.3 is 0 Å². The van der Waals surface area contributed by atoms with Crippen LogP contribution in [0.1, 0.15) is 23.3 Å². The largest absolute Gasteiger partial charge is 0.384 e. The Morgan fingerprint density at radius 3 is 2.64 bits per heavy atom. The van der Waals surface area contributed by atoms with Crippen molar-refractivity contribution < 1.29 is 9.47 Å². The number of nitrogens with zero attached hydrogens (tertiary/aromatic N) is 4. The van der Waals surface area contributed by atoms with Crippen LogP contribution in [0.4, 0.5) is 5.82 Å². The van der Waals surface area contributed by atoms with Crippen LogP contribution in [0.25, 0.3) is 32.5 Å². The van der Waals surface area contributed by atoms with Gasteiger partial charge in [-0.25, -0.2) is 9.97 Å². The number of hydrogen-bond donors (Lipinski definition) is 1. The van der Waals surface area contributed by atoms with Gasteiger partial charge in [-0.05, 0) is 68.0 Å². The normalized spacial score (nSPS) is 17.8. The van der Waals surface area contributed by atoms with Crippen LogP contribution in [0.2, 0.25) is 0 Å². The molecule has 0 amide bonds. The van der Waals surface area contributed by atoms with Crippen molar-refractivity contribution in [3.63, 3.8) is 0 Å². The van der Waals surface area contributed by atoms with Crippen LogP contribution in [0.3, 0.4) is 0 Å². The number of aromatic amines is 1. The number of nitrogens with one attached hydrogen (secondary N) is 1. The lowest BCUT2D eigenvalue weighted by atomic mass is 9.81. The van der Waals surface area contributed by atoms with Gasteiger partial charge in [0.25, 0.3) is 0 Å². The summed E-state index contributed by atoms with van der Waals surface area (Å²) >= 11 is 1.86. The van der Waals surface area contributed by atoms with Crippen LogP contribution >= 0.6 is 11.3 Å². The molecule has 0 bridgehead atoms. The third-order valence-electron chi connectivity index (χ3n) is 8.95. The Morgan fingerprint density at radius 2 is 1.83 bits per heavy atom. The highest BCUT2D eigenvalue weighted by Crippen LogP contribution is 2.37. The zero-order chi connectivity index (χ0) is 28.3. The van der Waals surface area contributed by atoms with Crippen LogP contribution < -0.4 is 4.90 Å². The lowest BCUT2D eigenvalue weighted by molar-refractivity contribution is 0.0797. The number of H-pyrrole nitrogens is 1. The first-order valence-corrected chi connectivity index (χ1v) is 16.0. The van der Waals surface area contributed by atoms with Crippen molar-refractivity contribution in [2.45, 2.75) is 25.8 Å². The molecule has 1 N–H and O–H groups in total. The molecule has 5 aromatic rings. The minimum absolute atomic E-state index is 0.568. The summed E-state index contributed by atoms with van der Waals surface area (Å²) in [6.45, 7) is 7.21. The molecule has 0 aliphatic carbocycles. The third-order valence-corrected chi connectivity index (χ3v) is 10.1. The van der Waals surface area contributed by atoms with Crippen molar-refractivity contribution in [1.29, 1.82) is 0 Å². The second-order valence-corrected chi connectivity index (χ2v) is 12.8. The van der Waals surface area contributed by atoms with Crippen molar-refractivity contribution in [2.75, 3.05) is 58.0 Å². The number of piperidine rings is 1. The molecule has 218 valence electrons. The summed E-state index contributed by atoms with van der Waals surface area (Å²) in [7, 11) is 1.84. The van der Waals surface area contributed by atoms with Gasteiger partial charge < -0.3 is 19.4 Å². The molecule has 42 heavy (non-hydrogen) atoms. The van der Waals surface area contributed by atoms with Gasteiger partial charge in [-0.1, -0.05) is 42.5 Å². The van der Waals surface area contributed by atoms with Gasteiger partial charge in [0, 0.05) is 60.9 Å². The maximum Gasteiger partial charge on any atom is 0.162 e. The first-order chi connectivity index (χ1) is 20.7. The highest BCUT2D eigenvalue weighted by atomic mass is 32.1. The summed E-state index contributed by atoms with van der Waals surface area (Å²) in [4.78, 5) is 20.0. The molecule has 1 unspecified atom stereocenters. The van der Waals surface area contributed by atoms with Crippen molar-refractivity contribution in [1.82, 2.24) is 19.9 Å². The van der Waals surface area contributed by atoms with Gasteiger partial charge in [0.2, 0.25) is 0 Å². The fourth-order valence-electron chi connectivity index (χ4n) is 6.73. The summed E-state index contributed by atoms with van der Waals surface area (Å²) in [5.74, 6) is 3.10. The van der Waals surface area contributed by atoms with E-state index < -0.39 is 0 Å². The van der Waals surface area contributed by atoms with Crippen LogP contribution in [0.5, 0.6) is 0 Å². The van der Waals surface area contributed by atoms with E-state index in [1.54, 1.807) is 0 Å². The fraction of sp³-hybridized carbons (Fsp3) is 0.412. The Bertz CT molecular complexity index is 1620. The summed E-state index contributed by atoms with van der Waals surface area (Å²) in [6.07, 6.45) is 5.52. The predicted octanol–water partition coefficient (Wildman–Crippen LogP) is 6.39. The maximum atomic E-state index is 5.67. The molecule has 3 aromatic heterocycles. The van der Waals surface area contributed by atoms with E-state index in [1.165, 1.54) is 28.0 Å². The van der Waals surface area contributed by atoms with E-state index in [0.717, 1.165) is 92.6 Å². The Balaban J connectivity index is 1.11. The lowest BCUT2D eigenvalue weighted by Gasteiger charge is -2.36. The van der Waals surface area contributed by atoms with Crippen molar-refractivity contribution in [3.8, 4) is 11.4 Å². The van der Waals surface area contributed by atoms with E-state index in [2.05, 4.69) is 75.4 Å². The van der Waals surface area contributed by atoms with E-state index in [9.17, 15) is 0 Å². The van der Waals surface area contributed by atoms with Crippen molar-refractivity contribution in [3.05, 3.63) is 77.3 Å². The number of methoxy groups -OCH3 is 1. The van der Waals surface area contributed by atoms with Gasteiger partial charge in [-0.2, -0.15) is 0 Å². The van der Waals surface area contributed by atoms with Gasteiger partial charge in [-0.3, -0.25) is 4.90 Å². The molecule has 1 atom stereocenters. The predicted molar refractivity (Wildman–Crippen MR) is 171 cm³/mol. The minimum atomic E-state index is 0.568. The molecular weight excluding hydrogens is 542 g/mol. The molecule has 8 heteroatoms. The second kappa shape index (κ2) is 12.5. The van der Waals surface area contributed by atoms with Gasteiger partial charge in [-0.15, -0.1) is 11.3 Å². The number of likely N-dealkylation sites (tertiary alicyclic amines) is 1. The molecule has 0 radical (unpaired) electrons. The number of hydrogen-bond acceptors (Lipinski definition) is 7. The Kier molecular flexibility index (Phi) is 8.20. The lowest BCUT2D eigenvalue weighted by Crippen LogP contribution is -2.37. The number of aromatic nitrogens is 3. The molecular formula is C34H39N5O2S. The first-order valence-electron chi connectivity index (χ1n) is 15.2. The molecule has 2 aromatic carbocycles. The molecule has 2 aliphatic heterocycles. The molecule has 2 aliphatic rings. The van der Waals surface area contributed by atoms with Gasteiger partial charge in [0.1, 0.15) is 0 Å². The zero-order valence-electron chi connectivity index (χ0n) is 24.3. The van der Waals surface area contributed by atoms with E-state index >= 15 is 0 Å². The van der Waals surface area contributed by atoms with Crippen molar-refractivity contribution in [2.24, 2.45) is 11.8 Å². The highest BCUT2D eigenvalue weighted by Gasteiger charge is 2.28. The third kappa shape index (κ3) is 5.81. The number of thiophene rings is 1. The van der Waals surface area contributed by atoms with Crippen LogP contribution in [0, 0.1) is 11.8 Å². The zero-order valence-corrected chi connectivity index (χ0v) is 25.1. The molecule has 5 heterocycles. The Morgan fingerprint density at radius 1 is 1.00 bits per heavy atom. The standard InChI is InChI=1S/C34H39N5O2S/c1-40-23-26(20-24-6-3-2-4-7-24)25-11-14-38(15-12-25)22-27-21-31-32(42-27)34(39-16-18-41-19-17-39)37-33(36-31)29-8-5-9-30-28(29)10-13-35-30/h2-10,13,21,25-26,35H,11-12,14-20,22-23H2,1H3. The average molecular weight is 582 g/mol. The number of rotatable bonds is 9. The van der Waals surface area contributed by atoms with E-state index in [0.29, 0.717) is 11.8 Å². The summed E-state index contributed by atoms with van der Waals surface area (Å²) in [5.41, 5.74) is 4.64. The average Bonchev–Trinajstić information content (AvgIpc) is 3.68. The number of ether oxygens (including phenoxy) is 2. The monoisotopic (exact) mass is 581 g/mol. The van der Waals surface area contributed by atoms with Crippen LogP contribution in [-0.2, 0) is 22.4 Å². The van der Waals surface area contributed by atoms with E-state index in [1.807, 2.05) is 24.6 Å². The molecule has 2 fully saturated rings. The van der Waals surface area contributed by atoms with Crippen LogP contribution in [0.15, 0.2) is 66.9 Å². The molecule has 7 rings (SSSR count). The molecule has 0 saturated carbocycles. The smallest absolute Gasteiger partial charge is 0.162 e. The fourth-order valence-corrected chi connectivity index (χ4v) is 7.88. The summed E-state index contributed by atoms with van der Waals surface area (Å²) < 4.78 is 12.5. The second-order valence-electron chi connectivity index (χ2n) is 11.7. The van der Waals surface area contributed by atoms with Gasteiger partial charge in [0.05, 0.1) is 23.4 Å². The van der Waals surface area contributed by atoms with E-state index in [4.69, 9.17) is 19.4 Å². The topological polar surface area (TPSA) is 66.5 Å². The maximum absolute atomic E-state index is 5.67.